The largest absolute Gasteiger partial charge is 0.456 e. The Balaban J connectivity index is 0.979. The SMILES string of the molecule is c1ccc(-c2ccc(-c3nc4ccc(-c5ccc6oc7ccc(-c8nc(-c9ccccc9)nc(-c9ccccc9)n8)cc7c6c5)cc4o3)c(-c3ccccc3)c2)cc1. The van der Waals surface area contributed by atoms with Gasteiger partial charge in [-0.05, 0) is 88.0 Å². The van der Waals surface area contributed by atoms with Gasteiger partial charge in [0.1, 0.15) is 16.7 Å². The average Bonchev–Trinajstić information content (AvgIpc) is 3.90. The molecule has 0 fully saturated rings. The summed E-state index contributed by atoms with van der Waals surface area (Å²) in [5.41, 5.74) is 13.3. The van der Waals surface area contributed by atoms with E-state index in [2.05, 4.69) is 97.1 Å². The van der Waals surface area contributed by atoms with E-state index in [1.165, 1.54) is 0 Å². The molecule has 6 nitrogen and oxygen atoms in total. The molecule has 3 heterocycles. The van der Waals surface area contributed by atoms with Gasteiger partial charge >= 0.3 is 0 Å². The normalized spacial score (nSPS) is 11.4. The van der Waals surface area contributed by atoms with Crippen LogP contribution in [0, 0.1) is 0 Å². The molecule has 0 spiro atoms. The van der Waals surface area contributed by atoms with E-state index < -0.39 is 0 Å². The van der Waals surface area contributed by atoms with Gasteiger partial charge in [-0.25, -0.2) is 19.9 Å². The Labute approximate surface area is 333 Å². The van der Waals surface area contributed by atoms with Crippen molar-refractivity contribution in [2.24, 2.45) is 0 Å². The minimum absolute atomic E-state index is 0.582. The molecule has 0 aliphatic carbocycles. The zero-order chi connectivity index (χ0) is 38.4. The summed E-state index contributed by atoms with van der Waals surface area (Å²) in [6.45, 7) is 0. The Morgan fingerprint density at radius 2 is 0.741 bits per heavy atom. The standard InChI is InChI=1S/C52H32N4O2/c1-5-13-33(14-6-1)37-21-25-41(42(29-37)34-15-7-2-8-16-34)52-53-45-26-22-39(32-48(45)58-52)38-23-27-46-43(30-38)44-31-40(24-28-47(44)57-46)51-55-49(35-17-9-3-10-18-35)54-50(56-51)36-19-11-4-12-20-36/h1-32H. The van der Waals surface area contributed by atoms with Crippen molar-refractivity contribution in [3.05, 3.63) is 194 Å². The van der Waals surface area contributed by atoms with Crippen LogP contribution in [0.2, 0.25) is 0 Å². The molecular weight excluding hydrogens is 713 g/mol. The molecule has 0 unspecified atom stereocenters. The van der Waals surface area contributed by atoms with E-state index in [0.717, 1.165) is 88.7 Å². The lowest BCUT2D eigenvalue weighted by atomic mass is 9.94. The van der Waals surface area contributed by atoms with E-state index in [4.69, 9.17) is 28.8 Å². The van der Waals surface area contributed by atoms with Crippen LogP contribution in [0.5, 0.6) is 0 Å². The Kier molecular flexibility index (Phi) is 8.04. The third kappa shape index (κ3) is 6.10. The molecular formula is C52H32N4O2. The molecule has 0 aliphatic heterocycles. The van der Waals surface area contributed by atoms with Crippen LogP contribution in [0.1, 0.15) is 0 Å². The molecule has 0 amide bonds. The zero-order valence-electron chi connectivity index (χ0n) is 31.1. The summed E-state index contributed by atoms with van der Waals surface area (Å²) >= 11 is 0. The predicted molar refractivity (Wildman–Crippen MR) is 233 cm³/mol. The highest BCUT2D eigenvalue weighted by Crippen LogP contribution is 2.39. The summed E-state index contributed by atoms with van der Waals surface area (Å²) < 4.78 is 12.9. The summed E-state index contributed by atoms with van der Waals surface area (Å²) in [5, 5.41) is 1.98. The smallest absolute Gasteiger partial charge is 0.227 e. The molecule has 11 aromatic rings. The molecule has 11 rings (SSSR count). The monoisotopic (exact) mass is 744 g/mol. The van der Waals surface area contributed by atoms with Crippen molar-refractivity contribution in [1.29, 1.82) is 0 Å². The second-order valence-corrected chi connectivity index (χ2v) is 14.3. The number of aromatic nitrogens is 4. The van der Waals surface area contributed by atoms with Crippen LogP contribution in [0.4, 0.5) is 0 Å². The van der Waals surface area contributed by atoms with Crippen molar-refractivity contribution in [2.45, 2.75) is 0 Å². The van der Waals surface area contributed by atoms with Gasteiger partial charge in [-0.2, -0.15) is 0 Å². The van der Waals surface area contributed by atoms with Crippen LogP contribution < -0.4 is 0 Å². The zero-order valence-corrected chi connectivity index (χ0v) is 31.1. The highest BCUT2D eigenvalue weighted by atomic mass is 16.3. The van der Waals surface area contributed by atoms with Crippen molar-refractivity contribution in [3.8, 4) is 79.0 Å². The van der Waals surface area contributed by atoms with Crippen molar-refractivity contribution in [3.63, 3.8) is 0 Å². The number of rotatable bonds is 7. The van der Waals surface area contributed by atoms with Gasteiger partial charge in [0.2, 0.25) is 5.89 Å². The second-order valence-electron chi connectivity index (χ2n) is 14.3. The number of furan rings is 1. The molecule has 0 saturated carbocycles. The number of hydrogen-bond donors (Lipinski definition) is 0. The third-order valence-electron chi connectivity index (χ3n) is 10.6. The van der Waals surface area contributed by atoms with E-state index in [0.29, 0.717) is 23.4 Å². The van der Waals surface area contributed by atoms with Crippen LogP contribution in [-0.2, 0) is 0 Å². The van der Waals surface area contributed by atoms with Crippen molar-refractivity contribution in [1.82, 2.24) is 19.9 Å². The van der Waals surface area contributed by atoms with Crippen LogP contribution in [-0.4, -0.2) is 19.9 Å². The maximum atomic E-state index is 6.57. The quantitative estimate of drug-likeness (QED) is 0.162. The average molecular weight is 745 g/mol. The molecule has 0 saturated heterocycles. The molecule has 0 aliphatic rings. The summed E-state index contributed by atoms with van der Waals surface area (Å²) in [5.74, 6) is 2.42. The first-order valence-corrected chi connectivity index (χ1v) is 19.2. The summed E-state index contributed by atoms with van der Waals surface area (Å²) in [6.07, 6.45) is 0. The molecule has 6 heteroatoms. The number of oxazole rings is 1. The topological polar surface area (TPSA) is 77.8 Å². The lowest BCUT2D eigenvalue weighted by molar-refractivity contribution is 0.620. The van der Waals surface area contributed by atoms with Crippen molar-refractivity contribution >= 4 is 33.0 Å². The molecule has 58 heavy (non-hydrogen) atoms. The fraction of sp³-hybridized carbons (Fsp3) is 0. The number of hydrogen-bond acceptors (Lipinski definition) is 6. The fourth-order valence-electron chi connectivity index (χ4n) is 7.65. The van der Waals surface area contributed by atoms with E-state index in [-0.39, 0.29) is 0 Å². The molecule has 0 N–H and O–H groups in total. The van der Waals surface area contributed by atoms with Crippen molar-refractivity contribution < 1.29 is 8.83 Å². The molecule has 0 atom stereocenters. The summed E-state index contributed by atoms with van der Waals surface area (Å²) in [7, 11) is 0. The van der Waals surface area contributed by atoms with Gasteiger partial charge in [-0.1, -0.05) is 140 Å². The summed E-state index contributed by atoms with van der Waals surface area (Å²) in [4.78, 5) is 19.8. The Morgan fingerprint density at radius 1 is 0.276 bits per heavy atom. The van der Waals surface area contributed by atoms with Crippen LogP contribution in [0.15, 0.2) is 203 Å². The van der Waals surface area contributed by atoms with Crippen LogP contribution >= 0.6 is 0 Å². The van der Waals surface area contributed by atoms with E-state index >= 15 is 0 Å². The molecule has 0 radical (unpaired) electrons. The third-order valence-corrected chi connectivity index (χ3v) is 10.6. The lowest BCUT2D eigenvalue weighted by Crippen LogP contribution is -2.00. The Hall–Kier alpha value is -7.96. The van der Waals surface area contributed by atoms with Gasteiger partial charge in [0.05, 0.1) is 0 Å². The molecule has 3 aromatic heterocycles. The minimum atomic E-state index is 0.582. The highest BCUT2D eigenvalue weighted by molar-refractivity contribution is 6.07. The predicted octanol–water partition coefficient (Wildman–Crippen LogP) is 13.6. The van der Waals surface area contributed by atoms with Gasteiger partial charge in [-0.15, -0.1) is 0 Å². The van der Waals surface area contributed by atoms with E-state index in [1.54, 1.807) is 0 Å². The molecule has 0 bridgehead atoms. The number of nitrogens with zero attached hydrogens (tertiary/aromatic N) is 4. The van der Waals surface area contributed by atoms with E-state index in [9.17, 15) is 0 Å². The van der Waals surface area contributed by atoms with Gasteiger partial charge in [-0.3, -0.25) is 0 Å². The second kappa shape index (κ2) is 14.0. The maximum absolute atomic E-state index is 6.57. The van der Waals surface area contributed by atoms with Crippen LogP contribution in [0.25, 0.3) is 112 Å². The Morgan fingerprint density at radius 3 is 1.36 bits per heavy atom. The molecule has 272 valence electrons. The first kappa shape index (κ1) is 33.4. The van der Waals surface area contributed by atoms with Gasteiger partial charge < -0.3 is 8.83 Å². The highest BCUT2D eigenvalue weighted by Gasteiger charge is 2.18. The fourth-order valence-corrected chi connectivity index (χ4v) is 7.65. The lowest BCUT2D eigenvalue weighted by Gasteiger charge is -2.10. The van der Waals surface area contributed by atoms with Gasteiger partial charge in [0, 0.05) is 33.0 Å². The van der Waals surface area contributed by atoms with Crippen molar-refractivity contribution in [2.75, 3.05) is 0 Å². The number of fused-ring (bicyclic) bond motifs is 4. The van der Waals surface area contributed by atoms with E-state index in [1.807, 2.05) is 97.1 Å². The minimum Gasteiger partial charge on any atom is -0.456 e. The van der Waals surface area contributed by atoms with Gasteiger partial charge in [0.15, 0.2) is 23.1 Å². The Bertz CT molecular complexity index is 3210. The number of benzene rings is 8. The molecule has 8 aromatic carbocycles. The first-order valence-electron chi connectivity index (χ1n) is 19.2. The van der Waals surface area contributed by atoms with Crippen LogP contribution in [0.3, 0.4) is 0 Å². The maximum Gasteiger partial charge on any atom is 0.227 e. The first-order chi connectivity index (χ1) is 28.7. The van der Waals surface area contributed by atoms with Gasteiger partial charge in [0.25, 0.3) is 0 Å². The summed E-state index contributed by atoms with van der Waals surface area (Å²) in [6, 6.07) is 66.0.